The number of amides is 1. The molecule has 0 aliphatic carbocycles. The van der Waals surface area contributed by atoms with E-state index in [1.165, 1.54) is 5.56 Å². The summed E-state index contributed by atoms with van der Waals surface area (Å²) in [6, 6.07) is 7.88. The summed E-state index contributed by atoms with van der Waals surface area (Å²) in [5.41, 5.74) is 2.41. The first-order valence-electron chi connectivity index (χ1n) is 9.47. The minimum absolute atomic E-state index is 0.0683. The van der Waals surface area contributed by atoms with Crippen molar-refractivity contribution in [1.82, 2.24) is 19.7 Å². The van der Waals surface area contributed by atoms with Crippen molar-refractivity contribution in [1.29, 1.82) is 0 Å². The van der Waals surface area contributed by atoms with Crippen molar-refractivity contribution in [2.75, 3.05) is 16.3 Å². The second-order valence-corrected chi connectivity index (χ2v) is 9.98. The Hall–Kier alpha value is -2.79. The summed E-state index contributed by atoms with van der Waals surface area (Å²) < 4.78 is 27.0. The van der Waals surface area contributed by atoms with Gasteiger partial charge in [0.25, 0.3) is 0 Å². The topological polar surface area (TPSA) is 119 Å². The number of carbonyl (C=O) groups is 1. The number of aryl methyl sites for hydroxylation is 2. The van der Waals surface area contributed by atoms with Crippen LogP contribution in [0.5, 0.6) is 0 Å². The highest BCUT2D eigenvalue weighted by atomic mass is 32.2. The lowest BCUT2D eigenvalue weighted by Gasteiger charge is -2.24. The lowest BCUT2D eigenvalue weighted by molar-refractivity contribution is -0.115. The van der Waals surface area contributed by atoms with Crippen LogP contribution in [0.3, 0.4) is 0 Å². The summed E-state index contributed by atoms with van der Waals surface area (Å²) in [6.07, 6.45) is 3.00. The number of rotatable bonds is 6. The standard InChI is InChI=1S/C19H22N6O3S2/c1-12-22-23-17-7-6-14(10-25(12)17)13-4-3-5-15(8-13)20-18(26)9-16-11-29-19(21-16)24-30(2,27)28/h3-5,8,11,14H,6-7,9-10H2,1-2H3,(H,20,26)(H,21,24)/t14-/m1/s1. The molecule has 1 atom stereocenters. The van der Waals surface area contributed by atoms with Crippen molar-refractivity contribution in [3.8, 4) is 0 Å². The number of fused-ring (bicyclic) bond motifs is 1. The van der Waals surface area contributed by atoms with E-state index in [-0.39, 0.29) is 17.5 Å². The fourth-order valence-electron chi connectivity index (χ4n) is 3.57. The Balaban J connectivity index is 1.40. The number of carbonyl (C=O) groups excluding carboxylic acids is 1. The molecule has 2 aromatic heterocycles. The van der Waals surface area contributed by atoms with E-state index in [2.05, 4.69) is 35.9 Å². The highest BCUT2D eigenvalue weighted by Gasteiger charge is 2.23. The second kappa shape index (κ2) is 8.15. The molecule has 1 aromatic carbocycles. The van der Waals surface area contributed by atoms with Gasteiger partial charge in [-0.2, -0.15) is 0 Å². The molecule has 30 heavy (non-hydrogen) atoms. The summed E-state index contributed by atoms with van der Waals surface area (Å²) in [4.78, 5) is 16.6. The van der Waals surface area contributed by atoms with Gasteiger partial charge in [0.15, 0.2) is 5.13 Å². The van der Waals surface area contributed by atoms with Gasteiger partial charge in [-0.05, 0) is 31.0 Å². The molecule has 3 aromatic rings. The molecule has 158 valence electrons. The first-order valence-corrected chi connectivity index (χ1v) is 12.2. The molecule has 0 fully saturated rings. The molecular weight excluding hydrogens is 424 g/mol. The first kappa shape index (κ1) is 20.5. The van der Waals surface area contributed by atoms with Gasteiger partial charge >= 0.3 is 0 Å². The van der Waals surface area contributed by atoms with Gasteiger partial charge in [-0.15, -0.1) is 21.5 Å². The van der Waals surface area contributed by atoms with Gasteiger partial charge in [0.05, 0.1) is 18.4 Å². The summed E-state index contributed by atoms with van der Waals surface area (Å²) in [6.45, 7) is 2.80. The predicted octanol–water partition coefficient (Wildman–Crippen LogP) is 2.33. The van der Waals surface area contributed by atoms with E-state index in [1.54, 1.807) is 5.38 Å². The number of aromatic nitrogens is 4. The van der Waals surface area contributed by atoms with Crippen LogP contribution in [0.1, 0.15) is 35.2 Å². The van der Waals surface area contributed by atoms with Crippen molar-refractivity contribution in [2.45, 2.75) is 38.6 Å². The average molecular weight is 447 g/mol. The Labute approximate surface area is 178 Å². The maximum atomic E-state index is 12.4. The van der Waals surface area contributed by atoms with Crippen LogP contribution in [-0.2, 0) is 34.2 Å². The molecule has 2 N–H and O–H groups in total. The van der Waals surface area contributed by atoms with Crippen LogP contribution < -0.4 is 10.0 Å². The Morgan fingerprint density at radius 3 is 2.97 bits per heavy atom. The minimum atomic E-state index is -3.39. The number of nitrogens with zero attached hydrogens (tertiary/aromatic N) is 4. The van der Waals surface area contributed by atoms with E-state index in [1.807, 2.05) is 25.1 Å². The Kier molecular flexibility index (Phi) is 5.56. The minimum Gasteiger partial charge on any atom is -0.326 e. The van der Waals surface area contributed by atoms with E-state index >= 15 is 0 Å². The molecule has 1 aliphatic heterocycles. The number of thiazole rings is 1. The van der Waals surface area contributed by atoms with Crippen molar-refractivity contribution < 1.29 is 13.2 Å². The van der Waals surface area contributed by atoms with Gasteiger partial charge < -0.3 is 9.88 Å². The van der Waals surface area contributed by atoms with E-state index in [0.717, 1.165) is 54.3 Å². The van der Waals surface area contributed by atoms with Crippen LogP contribution in [0.25, 0.3) is 0 Å². The number of nitrogens with one attached hydrogen (secondary N) is 2. The van der Waals surface area contributed by atoms with Crippen molar-refractivity contribution in [3.05, 3.63) is 52.6 Å². The fraction of sp³-hybridized carbons (Fsp3) is 0.368. The molecule has 0 bridgehead atoms. The number of hydrogen-bond acceptors (Lipinski definition) is 7. The molecule has 0 saturated carbocycles. The van der Waals surface area contributed by atoms with E-state index in [4.69, 9.17) is 0 Å². The Morgan fingerprint density at radius 1 is 1.33 bits per heavy atom. The third-order valence-electron chi connectivity index (χ3n) is 4.94. The molecule has 11 heteroatoms. The second-order valence-electron chi connectivity index (χ2n) is 7.38. The largest absolute Gasteiger partial charge is 0.326 e. The molecule has 9 nitrogen and oxygen atoms in total. The molecule has 0 unspecified atom stereocenters. The highest BCUT2D eigenvalue weighted by molar-refractivity contribution is 7.92. The summed E-state index contributed by atoms with van der Waals surface area (Å²) >= 11 is 1.15. The number of benzene rings is 1. The summed E-state index contributed by atoms with van der Waals surface area (Å²) in [7, 11) is -3.39. The van der Waals surface area contributed by atoms with Crippen molar-refractivity contribution in [2.24, 2.45) is 0 Å². The quantitative estimate of drug-likeness (QED) is 0.600. The van der Waals surface area contributed by atoms with Gasteiger partial charge in [-0.1, -0.05) is 12.1 Å². The zero-order valence-corrected chi connectivity index (χ0v) is 18.3. The van der Waals surface area contributed by atoms with Gasteiger partial charge in [0.2, 0.25) is 15.9 Å². The van der Waals surface area contributed by atoms with Crippen LogP contribution in [0.2, 0.25) is 0 Å². The van der Waals surface area contributed by atoms with E-state index in [0.29, 0.717) is 11.6 Å². The van der Waals surface area contributed by atoms with E-state index < -0.39 is 10.0 Å². The van der Waals surface area contributed by atoms with Gasteiger partial charge in [-0.25, -0.2) is 13.4 Å². The number of sulfonamides is 1. The monoisotopic (exact) mass is 446 g/mol. The normalized spacial score (nSPS) is 16.1. The molecular formula is C19H22N6O3S2. The summed E-state index contributed by atoms with van der Waals surface area (Å²) in [5, 5.41) is 13.2. The number of anilines is 2. The maximum Gasteiger partial charge on any atom is 0.231 e. The molecule has 3 heterocycles. The molecule has 0 spiro atoms. The molecule has 1 amide bonds. The van der Waals surface area contributed by atoms with Crippen LogP contribution in [-0.4, -0.2) is 40.3 Å². The Bertz CT molecular complexity index is 1180. The van der Waals surface area contributed by atoms with Crippen LogP contribution >= 0.6 is 11.3 Å². The zero-order valence-electron chi connectivity index (χ0n) is 16.6. The van der Waals surface area contributed by atoms with Gasteiger partial charge in [0.1, 0.15) is 11.6 Å². The third-order valence-corrected chi connectivity index (χ3v) is 6.44. The summed E-state index contributed by atoms with van der Waals surface area (Å²) in [5.74, 6) is 2.09. The van der Waals surface area contributed by atoms with Crippen LogP contribution in [0, 0.1) is 6.92 Å². The molecule has 0 radical (unpaired) electrons. The molecule has 4 rings (SSSR count). The SMILES string of the molecule is Cc1nnc2n1C[C@H](c1cccc(NC(=O)Cc3csc(NS(C)(=O)=O)n3)c1)CC2. The van der Waals surface area contributed by atoms with Gasteiger partial charge in [-0.3, -0.25) is 9.52 Å². The third kappa shape index (κ3) is 4.85. The average Bonchev–Trinajstić information content (AvgIpc) is 3.26. The van der Waals surface area contributed by atoms with Gasteiger partial charge in [0, 0.05) is 30.0 Å². The number of hydrogen-bond donors (Lipinski definition) is 2. The first-order chi connectivity index (χ1) is 14.3. The predicted molar refractivity (Wildman–Crippen MR) is 115 cm³/mol. The lowest BCUT2D eigenvalue weighted by atomic mass is 9.91. The highest BCUT2D eigenvalue weighted by Crippen LogP contribution is 2.30. The van der Waals surface area contributed by atoms with Crippen LogP contribution in [0.15, 0.2) is 29.6 Å². The van der Waals surface area contributed by atoms with Crippen molar-refractivity contribution >= 4 is 38.1 Å². The smallest absolute Gasteiger partial charge is 0.231 e. The zero-order chi connectivity index (χ0) is 21.3. The molecule has 0 saturated heterocycles. The van der Waals surface area contributed by atoms with E-state index in [9.17, 15) is 13.2 Å². The fourth-order valence-corrected chi connectivity index (χ4v) is 5.13. The molecule has 1 aliphatic rings. The van der Waals surface area contributed by atoms with Crippen LogP contribution in [0.4, 0.5) is 10.8 Å². The lowest BCUT2D eigenvalue weighted by Crippen LogP contribution is -2.20. The van der Waals surface area contributed by atoms with Crippen molar-refractivity contribution in [3.63, 3.8) is 0 Å². The Morgan fingerprint density at radius 2 is 2.17 bits per heavy atom. The maximum absolute atomic E-state index is 12.4.